The van der Waals surface area contributed by atoms with Crippen molar-refractivity contribution in [3.8, 4) is 5.75 Å². The van der Waals surface area contributed by atoms with Crippen molar-refractivity contribution >= 4 is 35.7 Å². The Morgan fingerprint density at radius 2 is 1.79 bits per heavy atom. The Morgan fingerprint density at radius 3 is 2.58 bits per heavy atom. The molecule has 5 nitrogen and oxygen atoms in total. The van der Waals surface area contributed by atoms with E-state index in [1.807, 2.05) is 24.3 Å². The van der Waals surface area contributed by atoms with Crippen LogP contribution >= 0.6 is 24.8 Å². The number of piperazine rings is 1. The Morgan fingerprint density at radius 1 is 1.04 bits per heavy atom. The predicted molar refractivity (Wildman–Crippen MR) is 103 cm³/mol. The second-order valence-electron chi connectivity index (χ2n) is 5.72. The van der Waals surface area contributed by atoms with E-state index < -0.39 is 0 Å². The van der Waals surface area contributed by atoms with Gasteiger partial charge in [0.25, 0.3) is 0 Å². The van der Waals surface area contributed by atoms with Gasteiger partial charge in [0, 0.05) is 38.3 Å². The first-order chi connectivity index (χ1) is 10.8. The highest BCUT2D eigenvalue weighted by Gasteiger charge is 2.08. The molecule has 1 saturated heterocycles. The standard InChI is InChI=1S/C17H23N3O2.2ClH/c21-17-6-4-14-3-5-15(13-16(14)19-17)22-12-2-1-9-20-10-7-18-8-11-20;;/h3-6,13,18H,1-2,7-12H2,(H,19,21);2*1H. The topological polar surface area (TPSA) is 57.4 Å². The van der Waals surface area contributed by atoms with Gasteiger partial charge in [-0.05, 0) is 43.0 Å². The Balaban J connectivity index is 0.00000144. The van der Waals surface area contributed by atoms with Crippen molar-refractivity contribution in [3.05, 3.63) is 40.7 Å². The summed E-state index contributed by atoms with van der Waals surface area (Å²) in [6.07, 6.45) is 2.21. The summed E-state index contributed by atoms with van der Waals surface area (Å²) in [4.78, 5) is 16.7. The van der Waals surface area contributed by atoms with Gasteiger partial charge in [-0.25, -0.2) is 0 Å². The fourth-order valence-electron chi connectivity index (χ4n) is 2.78. The lowest BCUT2D eigenvalue weighted by Crippen LogP contribution is -2.43. The first-order valence-corrected chi connectivity index (χ1v) is 8.00. The maximum atomic E-state index is 11.3. The molecule has 1 fully saturated rings. The number of benzene rings is 1. The zero-order valence-corrected chi connectivity index (χ0v) is 15.3. The van der Waals surface area contributed by atoms with Crippen molar-refractivity contribution in [2.45, 2.75) is 12.8 Å². The number of ether oxygens (including phenoxy) is 1. The number of aromatic nitrogens is 1. The van der Waals surface area contributed by atoms with E-state index in [0.717, 1.165) is 62.2 Å². The number of rotatable bonds is 6. The number of hydrogen-bond donors (Lipinski definition) is 2. The average Bonchev–Trinajstić information content (AvgIpc) is 2.55. The number of unbranched alkanes of at least 4 members (excludes halogenated alkanes) is 1. The molecule has 0 unspecified atom stereocenters. The largest absolute Gasteiger partial charge is 0.494 e. The van der Waals surface area contributed by atoms with Gasteiger partial charge in [0.2, 0.25) is 5.56 Å². The molecule has 134 valence electrons. The molecule has 2 heterocycles. The van der Waals surface area contributed by atoms with Crippen LogP contribution in [0.4, 0.5) is 0 Å². The quantitative estimate of drug-likeness (QED) is 0.763. The van der Waals surface area contributed by atoms with Crippen LogP contribution in [0.25, 0.3) is 10.9 Å². The second-order valence-corrected chi connectivity index (χ2v) is 5.72. The minimum Gasteiger partial charge on any atom is -0.494 e. The SMILES string of the molecule is Cl.Cl.O=c1ccc2ccc(OCCCCN3CCNCC3)cc2[nH]1. The Hall–Kier alpha value is -1.27. The number of nitrogens with one attached hydrogen (secondary N) is 2. The number of H-pyrrole nitrogens is 1. The van der Waals surface area contributed by atoms with Gasteiger partial charge in [-0.3, -0.25) is 4.79 Å². The number of halogens is 2. The van der Waals surface area contributed by atoms with Gasteiger partial charge in [0.1, 0.15) is 5.75 Å². The molecule has 24 heavy (non-hydrogen) atoms. The van der Waals surface area contributed by atoms with Crippen molar-refractivity contribution in [1.82, 2.24) is 15.2 Å². The fraction of sp³-hybridized carbons (Fsp3) is 0.471. The molecule has 1 aliphatic rings. The molecule has 0 saturated carbocycles. The molecule has 2 N–H and O–H groups in total. The number of hydrogen-bond acceptors (Lipinski definition) is 4. The summed E-state index contributed by atoms with van der Waals surface area (Å²) < 4.78 is 5.79. The van der Waals surface area contributed by atoms with E-state index in [0.29, 0.717) is 6.61 Å². The summed E-state index contributed by atoms with van der Waals surface area (Å²) in [6, 6.07) is 9.19. The molecule has 0 aliphatic carbocycles. The smallest absolute Gasteiger partial charge is 0.248 e. The van der Waals surface area contributed by atoms with Crippen molar-refractivity contribution in [2.75, 3.05) is 39.3 Å². The average molecular weight is 374 g/mol. The molecular weight excluding hydrogens is 349 g/mol. The normalized spacial score (nSPS) is 14.7. The maximum absolute atomic E-state index is 11.3. The van der Waals surface area contributed by atoms with Crippen LogP contribution in [0.3, 0.4) is 0 Å². The van der Waals surface area contributed by atoms with Crippen LogP contribution in [0.2, 0.25) is 0 Å². The monoisotopic (exact) mass is 373 g/mol. The van der Waals surface area contributed by atoms with Crippen molar-refractivity contribution in [1.29, 1.82) is 0 Å². The van der Waals surface area contributed by atoms with Gasteiger partial charge in [0.15, 0.2) is 0 Å². The minimum absolute atomic E-state index is 0. The summed E-state index contributed by atoms with van der Waals surface area (Å²) in [5.74, 6) is 0.816. The Bertz CT molecular complexity index is 672. The zero-order valence-electron chi connectivity index (χ0n) is 13.6. The van der Waals surface area contributed by atoms with Gasteiger partial charge in [0.05, 0.1) is 12.1 Å². The summed E-state index contributed by atoms with van der Waals surface area (Å²) in [5.41, 5.74) is 0.742. The van der Waals surface area contributed by atoms with Crippen LogP contribution in [0.1, 0.15) is 12.8 Å². The maximum Gasteiger partial charge on any atom is 0.248 e. The van der Waals surface area contributed by atoms with Gasteiger partial charge >= 0.3 is 0 Å². The molecule has 2 aromatic rings. The zero-order chi connectivity index (χ0) is 15.2. The number of nitrogens with zero attached hydrogens (tertiary/aromatic N) is 1. The van der Waals surface area contributed by atoms with E-state index in [-0.39, 0.29) is 30.4 Å². The van der Waals surface area contributed by atoms with Gasteiger partial charge in [-0.15, -0.1) is 24.8 Å². The summed E-state index contributed by atoms with van der Waals surface area (Å²) >= 11 is 0. The lowest BCUT2D eigenvalue weighted by molar-refractivity contribution is 0.226. The number of aromatic amines is 1. The van der Waals surface area contributed by atoms with E-state index >= 15 is 0 Å². The van der Waals surface area contributed by atoms with Gasteiger partial charge < -0.3 is 19.9 Å². The van der Waals surface area contributed by atoms with Crippen molar-refractivity contribution < 1.29 is 4.74 Å². The van der Waals surface area contributed by atoms with Crippen LogP contribution in [-0.2, 0) is 0 Å². The molecule has 3 rings (SSSR count). The molecule has 0 atom stereocenters. The summed E-state index contributed by atoms with van der Waals surface area (Å²) in [7, 11) is 0. The van der Waals surface area contributed by atoms with E-state index in [4.69, 9.17) is 4.74 Å². The first kappa shape index (κ1) is 20.8. The summed E-state index contributed by atoms with van der Waals surface area (Å²) in [6.45, 7) is 6.38. The molecule has 1 aromatic heterocycles. The highest BCUT2D eigenvalue weighted by Crippen LogP contribution is 2.18. The summed E-state index contributed by atoms with van der Waals surface area (Å²) in [5, 5.41) is 4.38. The molecule has 7 heteroatoms. The number of fused-ring (bicyclic) bond motifs is 1. The highest BCUT2D eigenvalue weighted by atomic mass is 35.5. The van der Waals surface area contributed by atoms with Crippen molar-refractivity contribution in [2.24, 2.45) is 0 Å². The van der Waals surface area contributed by atoms with E-state index in [2.05, 4.69) is 15.2 Å². The molecule has 0 spiro atoms. The van der Waals surface area contributed by atoms with Crippen molar-refractivity contribution in [3.63, 3.8) is 0 Å². The minimum atomic E-state index is -0.0827. The molecular formula is C17H25Cl2N3O2. The van der Waals surface area contributed by atoms with Crippen LogP contribution < -0.4 is 15.6 Å². The molecule has 1 aromatic carbocycles. The number of pyridine rings is 1. The molecule has 1 aliphatic heterocycles. The van der Waals surface area contributed by atoms with E-state index in [1.165, 1.54) is 0 Å². The van der Waals surface area contributed by atoms with Gasteiger partial charge in [-0.1, -0.05) is 0 Å². The molecule has 0 radical (unpaired) electrons. The van der Waals surface area contributed by atoms with Crippen LogP contribution in [0, 0.1) is 0 Å². The van der Waals surface area contributed by atoms with Crippen LogP contribution in [0.15, 0.2) is 35.1 Å². The Kier molecular flexibility index (Phi) is 9.14. The predicted octanol–water partition coefficient (Wildman–Crippen LogP) is 2.44. The second kappa shape index (κ2) is 10.6. The third kappa shape index (κ3) is 5.98. The van der Waals surface area contributed by atoms with Crippen LogP contribution in [-0.4, -0.2) is 49.2 Å². The first-order valence-electron chi connectivity index (χ1n) is 8.00. The highest BCUT2D eigenvalue weighted by molar-refractivity contribution is 5.85. The van der Waals surface area contributed by atoms with E-state index in [9.17, 15) is 4.79 Å². The van der Waals surface area contributed by atoms with Gasteiger partial charge in [-0.2, -0.15) is 0 Å². The molecule has 0 amide bonds. The molecule has 0 bridgehead atoms. The van der Waals surface area contributed by atoms with Crippen LogP contribution in [0.5, 0.6) is 5.75 Å². The Labute approximate surface area is 154 Å². The van der Waals surface area contributed by atoms with E-state index in [1.54, 1.807) is 6.07 Å². The lowest BCUT2D eigenvalue weighted by atomic mass is 10.2. The lowest BCUT2D eigenvalue weighted by Gasteiger charge is -2.26. The third-order valence-electron chi connectivity index (χ3n) is 4.04. The fourth-order valence-corrected chi connectivity index (χ4v) is 2.78. The third-order valence-corrected chi connectivity index (χ3v) is 4.04.